The third-order valence-corrected chi connectivity index (χ3v) is 5.11. The Morgan fingerprint density at radius 1 is 1.07 bits per heavy atom. The Balaban J connectivity index is 2.23. The molecule has 0 atom stereocenters. The zero-order valence-electron chi connectivity index (χ0n) is 16.6. The van der Waals surface area contributed by atoms with Crippen molar-refractivity contribution in [1.29, 1.82) is 5.26 Å². The molecule has 9 heteroatoms. The first-order chi connectivity index (χ1) is 12.8. The number of aromatic nitrogens is 2. The van der Waals surface area contributed by atoms with Gasteiger partial charge in [0.05, 0.1) is 6.54 Å². The van der Waals surface area contributed by atoms with Gasteiger partial charge in [0.15, 0.2) is 5.56 Å². The lowest BCUT2D eigenvalue weighted by Gasteiger charge is -2.27. The summed E-state index contributed by atoms with van der Waals surface area (Å²) in [5.41, 5.74) is -1.05. The summed E-state index contributed by atoms with van der Waals surface area (Å²) < 4.78 is 2.31. The Hall–Kier alpha value is -2.60. The monoisotopic (exact) mass is 376 g/mol. The Morgan fingerprint density at radius 3 is 2.33 bits per heavy atom. The van der Waals surface area contributed by atoms with Gasteiger partial charge in [-0.1, -0.05) is 0 Å². The third kappa shape index (κ3) is 4.22. The fraction of sp³-hybridized carbons (Fsp3) is 0.667. The molecule has 1 aliphatic rings. The summed E-state index contributed by atoms with van der Waals surface area (Å²) >= 11 is 0. The van der Waals surface area contributed by atoms with Crippen LogP contribution in [0.25, 0.3) is 0 Å². The molecule has 0 radical (unpaired) electrons. The molecule has 1 amide bonds. The predicted molar refractivity (Wildman–Crippen MR) is 103 cm³/mol. The van der Waals surface area contributed by atoms with E-state index in [0.29, 0.717) is 45.1 Å². The van der Waals surface area contributed by atoms with Crippen LogP contribution in [0.3, 0.4) is 0 Å². The Morgan fingerprint density at radius 2 is 1.74 bits per heavy atom. The highest BCUT2D eigenvalue weighted by Crippen LogP contribution is 2.17. The van der Waals surface area contributed by atoms with Crippen LogP contribution in [-0.4, -0.2) is 70.7 Å². The van der Waals surface area contributed by atoms with Gasteiger partial charge in [0, 0.05) is 53.4 Å². The number of anilines is 1. The average Bonchev–Trinajstić information content (AvgIpc) is 2.89. The lowest BCUT2D eigenvalue weighted by molar-refractivity contribution is -0.132. The quantitative estimate of drug-likeness (QED) is 0.677. The number of rotatable bonds is 5. The predicted octanol–water partition coefficient (Wildman–Crippen LogP) is -0.664. The highest BCUT2D eigenvalue weighted by Gasteiger charge is 2.24. The first kappa shape index (κ1) is 20.7. The maximum atomic E-state index is 12.4. The molecule has 1 aromatic heterocycles. The van der Waals surface area contributed by atoms with E-state index in [0.717, 1.165) is 17.5 Å². The second-order valence-corrected chi connectivity index (χ2v) is 6.70. The van der Waals surface area contributed by atoms with E-state index in [4.69, 9.17) is 0 Å². The molecule has 2 heterocycles. The molecule has 0 bridgehead atoms. The first-order valence-corrected chi connectivity index (χ1v) is 9.30. The molecule has 0 aromatic carbocycles. The minimum absolute atomic E-state index is 0.0210. The van der Waals surface area contributed by atoms with Crippen molar-refractivity contribution in [2.75, 3.05) is 50.7 Å². The molecule has 0 unspecified atom stereocenters. The molecule has 27 heavy (non-hydrogen) atoms. The minimum atomic E-state index is -0.576. The summed E-state index contributed by atoms with van der Waals surface area (Å²) in [6.45, 7) is 8.20. The van der Waals surface area contributed by atoms with Crippen LogP contribution in [0.4, 0.5) is 5.82 Å². The molecular formula is C18H28N6O3. The molecule has 148 valence electrons. The van der Waals surface area contributed by atoms with Gasteiger partial charge in [0.1, 0.15) is 11.9 Å². The van der Waals surface area contributed by atoms with Crippen molar-refractivity contribution >= 4 is 11.7 Å². The molecule has 1 aliphatic heterocycles. The number of hydrogen-bond acceptors (Lipinski definition) is 6. The summed E-state index contributed by atoms with van der Waals surface area (Å²) in [6, 6.07) is 1.95. The number of carbonyl (C=O) groups is 1. The van der Waals surface area contributed by atoms with Gasteiger partial charge in [0.2, 0.25) is 5.91 Å². The smallest absolute Gasteiger partial charge is 0.332 e. The van der Waals surface area contributed by atoms with E-state index >= 15 is 0 Å². The summed E-state index contributed by atoms with van der Waals surface area (Å²) in [7, 11) is 2.95. The van der Waals surface area contributed by atoms with Gasteiger partial charge in [-0.25, -0.2) is 4.79 Å². The van der Waals surface area contributed by atoms with E-state index in [1.54, 1.807) is 11.9 Å². The largest absolute Gasteiger partial charge is 0.355 e. The highest BCUT2D eigenvalue weighted by molar-refractivity contribution is 5.78. The lowest BCUT2D eigenvalue weighted by atomic mass is 10.2. The number of nitriles is 1. The van der Waals surface area contributed by atoms with E-state index in [2.05, 4.69) is 4.90 Å². The minimum Gasteiger partial charge on any atom is -0.355 e. The summed E-state index contributed by atoms with van der Waals surface area (Å²) in [5, 5.41) is 9.46. The SMILES string of the molecule is CCN(CC)C(=O)CN1CCCN(c2c(C#N)c(=O)n(C)c(=O)n2C)CC1. The van der Waals surface area contributed by atoms with Gasteiger partial charge in [-0.15, -0.1) is 0 Å². The maximum absolute atomic E-state index is 12.4. The normalized spacial score (nSPS) is 15.3. The van der Waals surface area contributed by atoms with E-state index < -0.39 is 11.2 Å². The topological polar surface area (TPSA) is 94.6 Å². The molecule has 0 N–H and O–H groups in total. The summed E-state index contributed by atoms with van der Waals surface area (Å²) in [4.78, 5) is 42.8. The second-order valence-electron chi connectivity index (χ2n) is 6.70. The summed E-state index contributed by atoms with van der Waals surface area (Å²) in [5.74, 6) is 0.467. The number of hydrogen-bond donors (Lipinski definition) is 0. The zero-order chi connectivity index (χ0) is 20.1. The molecule has 1 aromatic rings. The molecular weight excluding hydrogens is 348 g/mol. The van der Waals surface area contributed by atoms with E-state index in [-0.39, 0.29) is 11.5 Å². The van der Waals surface area contributed by atoms with E-state index in [9.17, 15) is 19.6 Å². The van der Waals surface area contributed by atoms with Crippen LogP contribution in [0.1, 0.15) is 25.8 Å². The Bertz CT molecular complexity index is 846. The number of amides is 1. The van der Waals surface area contributed by atoms with Crippen molar-refractivity contribution in [1.82, 2.24) is 18.9 Å². The van der Waals surface area contributed by atoms with Crippen LogP contribution >= 0.6 is 0 Å². The van der Waals surface area contributed by atoms with Crippen LogP contribution in [0.5, 0.6) is 0 Å². The lowest BCUT2D eigenvalue weighted by Crippen LogP contribution is -2.44. The van der Waals surface area contributed by atoms with Gasteiger partial charge >= 0.3 is 5.69 Å². The number of nitrogens with zero attached hydrogens (tertiary/aromatic N) is 6. The van der Waals surface area contributed by atoms with Gasteiger partial charge in [-0.3, -0.25) is 23.6 Å². The zero-order valence-corrected chi connectivity index (χ0v) is 16.6. The van der Waals surface area contributed by atoms with Crippen LogP contribution < -0.4 is 16.1 Å². The first-order valence-electron chi connectivity index (χ1n) is 9.30. The van der Waals surface area contributed by atoms with Crippen molar-refractivity contribution in [2.45, 2.75) is 20.3 Å². The van der Waals surface area contributed by atoms with Gasteiger partial charge in [-0.05, 0) is 20.3 Å². The Kier molecular flexibility index (Phi) is 6.80. The standard InChI is InChI=1S/C18H28N6O3/c1-5-23(6-2)15(25)13-22-8-7-9-24(11-10-22)16-14(12-19)17(26)21(4)18(27)20(16)3/h5-11,13H2,1-4H3. The van der Waals surface area contributed by atoms with Crippen molar-refractivity contribution in [3.63, 3.8) is 0 Å². The third-order valence-electron chi connectivity index (χ3n) is 5.11. The fourth-order valence-electron chi connectivity index (χ4n) is 3.51. The van der Waals surface area contributed by atoms with Crippen molar-refractivity contribution in [3.8, 4) is 6.07 Å². The van der Waals surface area contributed by atoms with Crippen LogP contribution in [-0.2, 0) is 18.9 Å². The van der Waals surface area contributed by atoms with Crippen LogP contribution in [0, 0.1) is 11.3 Å². The molecule has 1 fully saturated rings. The molecule has 0 saturated carbocycles. The van der Waals surface area contributed by atoms with E-state index in [1.165, 1.54) is 11.6 Å². The molecule has 2 rings (SSSR count). The van der Waals surface area contributed by atoms with Gasteiger partial charge < -0.3 is 9.80 Å². The van der Waals surface area contributed by atoms with Gasteiger partial charge in [-0.2, -0.15) is 5.26 Å². The van der Waals surface area contributed by atoms with Crippen molar-refractivity contribution in [3.05, 3.63) is 26.4 Å². The van der Waals surface area contributed by atoms with Gasteiger partial charge in [0.25, 0.3) is 5.56 Å². The highest BCUT2D eigenvalue weighted by atomic mass is 16.2. The maximum Gasteiger partial charge on any atom is 0.332 e. The molecule has 1 saturated heterocycles. The second kappa shape index (κ2) is 8.86. The van der Waals surface area contributed by atoms with Crippen LogP contribution in [0.15, 0.2) is 9.59 Å². The Labute approximate surface area is 159 Å². The fourth-order valence-corrected chi connectivity index (χ4v) is 3.51. The molecule has 0 aliphatic carbocycles. The average molecular weight is 376 g/mol. The number of likely N-dealkylation sites (N-methyl/N-ethyl adjacent to an activating group) is 1. The van der Waals surface area contributed by atoms with Crippen LogP contribution in [0.2, 0.25) is 0 Å². The molecule has 0 spiro atoms. The van der Waals surface area contributed by atoms with Crippen molar-refractivity contribution < 1.29 is 4.79 Å². The molecule has 9 nitrogen and oxygen atoms in total. The van der Waals surface area contributed by atoms with E-state index in [1.807, 2.05) is 24.8 Å². The van der Waals surface area contributed by atoms with Crippen molar-refractivity contribution in [2.24, 2.45) is 14.1 Å². The number of carbonyl (C=O) groups excluding carboxylic acids is 1. The summed E-state index contributed by atoms with van der Waals surface area (Å²) in [6.07, 6.45) is 0.778.